The van der Waals surface area contributed by atoms with Crippen LogP contribution in [0.1, 0.15) is 24.0 Å². The topological polar surface area (TPSA) is 43.2 Å². The van der Waals surface area contributed by atoms with Gasteiger partial charge in [-0.05, 0) is 35.4 Å². The number of fused-ring (bicyclic) bond motifs is 2. The van der Waals surface area contributed by atoms with Gasteiger partial charge in [0.1, 0.15) is 22.9 Å². The highest BCUT2D eigenvalue weighted by atomic mass is 16.5. The maximum Gasteiger partial charge on any atom is 0.144 e. The zero-order valence-corrected chi connectivity index (χ0v) is 18.9. The summed E-state index contributed by atoms with van der Waals surface area (Å²) < 4.78 is 12.2. The molecule has 4 nitrogen and oxygen atoms in total. The molecular weight excluding hydrogens is 420 g/mol. The van der Waals surface area contributed by atoms with Crippen molar-refractivity contribution in [1.82, 2.24) is 0 Å². The fraction of sp³-hybridized carbons (Fsp3) is 0.133. The lowest BCUT2D eigenvalue weighted by Gasteiger charge is -2.15. The molecule has 0 unspecified atom stereocenters. The Morgan fingerprint density at radius 3 is 1.35 bits per heavy atom. The van der Waals surface area contributed by atoms with Crippen LogP contribution in [0.4, 0.5) is 11.4 Å². The Hall–Kier alpha value is -4.18. The quantitative estimate of drug-likeness (QED) is 0.327. The van der Waals surface area contributed by atoms with Crippen molar-refractivity contribution >= 4 is 22.8 Å². The maximum atomic E-state index is 6.10. The van der Waals surface area contributed by atoms with Crippen molar-refractivity contribution in [3.8, 4) is 11.5 Å². The predicted octanol–water partition coefficient (Wildman–Crippen LogP) is 7.18. The van der Waals surface area contributed by atoms with E-state index in [9.17, 15) is 0 Å². The van der Waals surface area contributed by atoms with Gasteiger partial charge in [-0.25, -0.2) is 9.98 Å². The van der Waals surface area contributed by atoms with E-state index in [1.807, 2.05) is 84.9 Å². The number of nitrogens with zero attached hydrogens (tertiary/aromatic N) is 2. The maximum absolute atomic E-state index is 6.10. The van der Waals surface area contributed by atoms with Crippen molar-refractivity contribution in [2.75, 3.05) is 13.2 Å². The van der Waals surface area contributed by atoms with E-state index in [1.54, 1.807) is 0 Å². The van der Waals surface area contributed by atoms with E-state index >= 15 is 0 Å². The third-order valence-electron chi connectivity index (χ3n) is 5.59. The summed E-state index contributed by atoms with van der Waals surface area (Å²) in [6.07, 6.45) is 1.31. The molecule has 0 aliphatic carbocycles. The molecule has 0 fully saturated rings. The minimum absolute atomic E-state index is 0.550. The molecule has 1 aliphatic heterocycles. The fourth-order valence-corrected chi connectivity index (χ4v) is 3.89. The first-order valence-electron chi connectivity index (χ1n) is 11.6. The molecule has 0 saturated carbocycles. The summed E-state index contributed by atoms with van der Waals surface area (Å²) in [5, 5.41) is 0. The summed E-state index contributed by atoms with van der Waals surface area (Å²) >= 11 is 0. The zero-order chi connectivity index (χ0) is 23.0. The largest absolute Gasteiger partial charge is 0.491 e. The van der Waals surface area contributed by atoms with Crippen LogP contribution in [-0.2, 0) is 0 Å². The zero-order valence-electron chi connectivity index (χ0n) is 18.9. The highest BCUT2D eigenvalue weighted by Gasteiger charge is 2.14. The Morgan fingerprint density at radius 1 is 0.471 bits per heavy atom. The molecule has 1 aliphatic rings. The van der Waals surface area contributed by atoms with Gasteiger partial charge >= 0.3 is 0 Å². The summed E-state index contributed by atoms with van der Waals surface area (Å²) in [5.74, 6) is 1.54. The van der Waals surface area contributed by atoms with Gasteiger partial charge in [0.25, 0.3) is 0 Å². The first-order chi connectivity index (χ1) is 16.9. The average molecular weight is 447 g/mol. The van der Waals surface area contributed by atoms with Crippen molar-refractivity contribution in [3.05, 3.63) is 120 Å². The van der Waals surface area contributed by atoms with Gasteiger partial charge in [-0.2, -0.15) is 0 Å². The smallest absolute Gasteiger partial charge is 0.144 e. The van der Waals surface area contributed by atoms with E-state index in [0.717, 1.165) is 51.8 Å². The van der Waals surface area contributed by atoms with Crippen molar-refractivity contribution in [1.29, 1.82) is 0 Å². The Balaban J connectivity index is 1.68. The molecule has 0 N–H and O–H groups in total. The highest BCUT2D eigenvalue weighted by molar-refractivity contribution is 6.19. The molecular formula is C30H26N2O2. The van der Waals surface area contributed by atoms with Crippen LogP contribution >= 0.6 is 0 Å². The molecule has 4 heteroatoms. The minimum Gasteiger partial charge on any atom is -0.491 e. The van der Waals surface area contributed by atoms with Gasteiger partial charge in [-0.3, -0.25) is 0 Å². The molecule has 5 rings (SSSR count). The number of aliphatic imine (C=N–C) groups is 2. The van der Waals surface area contributed by atoms with Gasteiger partial charge in [-0.15, -0.1) is 0 Å². The number of hydrogen-bond acceptors (Lipinski definition) is 4. The molecule has 0 amide bonds. The summed E-state index contributed by atoms with van der Waals surface area (Å²) in [4.78, 5) is 10.2. The Morgan fingerprint density at radius 2 is 0.882 bits per heavy atom. The number of ether oxygens (including phenoxy) is 2. The van der Waals surface area contributed by atoms with Gasteiger partial charge in [-0.1, -0.05) is 84.9 Å². The Bertz CT molecular complexity index is 1200. The summed E-state index contributed by atoms with van der Waals surface area (Å²) in [6, 6.07) is 36.4. The van der Waals surface area contributed by atoms with Gasteiger partial charge < -0.3 is 9.47 Å². The SMILES string of the molecule is c1ccc(C2=Nc3ccccc3OCCCOc3ccccc3N=C(c3ccccc3)C2)cc1. The van der Waals surface area contributed by atoms with Crippen LogP contribution in [0.15, 0.2) is 119 Å². The standard InChI is InChI=1S/C30H26N2O2/c1-3-12-23(13-4-1)27-22-28(24-14-5-2-6-15-24)32-26-17-8-10-19-30(26)34-21-11-20-33-29-18-9-7-16-25(29)31-27/h1-10,12-19H,11,20-22H2. The number of para-hydroxylation sites is 4. The second-order valence-electron chi connectivity index (χ2n) is 8.01. The van der Waals surface area contributed by atoms with Gasteiger partial charge in [0.05, 0.1) is 24.6 Å². The Labute approximate surface area is 200 Å². The molecule has 4 aromatic carbocycles. The predicted molar refractivity (Wildman–Crippen MR) is 138 cm³/mol. The number of rotatable bonds is 2. The third-order valence-corrected chi connectivity index (χ3v) is 5.59. The summed E-state index contributed by atoms with van der Waals surface area (Å²) in [6.45, 7) is 1.10. The third kappa shape index (κ3) is 5.24. The molecule has 0 aromatic heterocycles. The van der Waals surface area contributed by atoms with E-state index < -0.39 is 0 Å². The first kappa shape index (κ1) is 21.7. The van der Waals surface area contributed by atoms with E-state index in [4.69, 9.17) is 19.5 Å². The number of hydrogen-bond donors (Lipinski definition) is 0. The molecule has 168 valence electrons. The molecule has 0 saturated heterocycles. The van der Waals surface area contributed by atoms with Crippen LogP contribution in [0.2, 0.25) is 0 Å². The van der Waals surface area contributed by atoms with Crippen LogP contribution in [0, 0.1) is 0 Å². The lowest BCUT2D eigenvalue weighted by atomic mass is 9.99. The van der Waals surface area contributed by atoms with Crippen molar-refractivity contribution in [3.63, 3.8) is 0 Å². The highest BCUT2D eigenvalue weighted by Crippen LogP contribution is 2.31. The number of benzene rings is 4. The van der Waals surface area contributed by atoms with Crippen LogP contribution in [-0.4, -0.2) is 24.6 Å². The lowest BCUT2D eigenvalue weighted by Crippen LogP contribution is -2.12. The van der Waals surface area contributed by atoms with Crippen LogP contribution in [0.25, 0.3) is 0 Å². The monoisotopic (exact) mass is 446 g/mol. The van der Waals surface area contributed by atoms with Crippen LogP contribution in [0.3, 0.4) is 0 Å². The first-order valence-corrected chi connectivity index (χ1v) is 11.6. The van der Waals surface area contributed by atoms with Crippen molar-refractivity contribution < 1.29 is 9.47 Å². The second kappa shape index (κ2) is 10.6. The molecule has 34 heavy (non-hydrogen) atoms. The molecule has 4 aromatic rings. The van der Waals surface area contributed by atoms with Gasteiger partial charge in [0.15, 0.2) is 0 Å². The second-order valence-corrected chi connectivity index (χ2v) is 8.01. The average Bonchev–Trinajstić information content (AvgIpc) is 2.90. The van der Waals surface area contributed by atoms with E-state index in [0.29, 0.717) is 19.6 Å². The van der Waals surface area contributed by atoms with Crippen molar-refractivity contribution in [2.45, 2.75) is 12.8 Å². The van der Waals surface area contributed by atoms with Gasteiger partial charge in [0, 0.05) is 12.8 Å². The lowest BCUT2D eigenvalue weighted by molar-refractivity contribution is 0.248. The molecule has 1 heterocycles. The molecule has 0 atom stereocenters. The fourth-order valence-electron chi connectivity index (χ4n) is 3.89. The summed E-state index contributed by atoms with van der Waals surface area (Å²) in [5.41, 5.74) is 5.58. The molecule has 0 radical (unpaired) electrons. The van der Waals surface area contributed by atoms with Crippen LogP contribution in [0.5, 0.6) is 11.5 Å². The Kier molecular flexibility index (Phi) is 6.77. The molecule has 0 bridgehead atoms. The van der Waals surface area contributed by atoms with Crippen LogP contribution < -0.4 is 9.47 Å². The normalized spacial score (nSPS) is 14.2. The van der Waals surface area contributed by atoms with Gasteiger partial charge in [0.2, 0.25) is 0 Å². The summed E-state index contributed by atoms with van der Waals surface area (Å²) in [7, 11) is 0. The van der Waals surface area contributed by atoms with E-state index in [2.05, 4.69) is 24.3 Å². The molecule has 0 spiro atoms. The van der Waals surface area contributed by atoms with Crippen molar-refractivity contribution in [2.24, 2.45) is 9.98 Å². The minimum atomic E-state index is 0.550. The van der Waals surface area contributed by atoms with E-state index in [1.165, 1.54) is 0 Å². The van der Waals surface area contributed by atoms with E-state index in [-0.39, 0.29) is 0 Å².